The van der Waals surface area contributed by atoms with Gasteiger partial charge in [-0.1, -0.05) is 13.8 Å². The monoisotopic (exact) mass is 267 g/mol. The Bertz CT molecular complexity index is 416. The summed E-state index contributed by atoms with van der Waals surface area (Å²) < 4.78 is 0. The number of rotatable bonds is 4. The van der Waals surface area contributed by atoms with Crippen molar-refractivity contribution in [3.63, 3.8) is 0 Å². The van der Waals surface area contributed by atoms with Crippen molar-refractivity contribution in [2.24, 2.45) is 5.92 Å². The molecule has 0 spiro atoms. The number of thiophene rings is 1. The number of aliphatic hydroxyl groups is 1. The zero-order valence-electron chi connectivity index (χ0n) is 11.1. The summed E-state index contributed by atoms with van der Waals surface area (Å²) >= 11 is 1.59. The van der Waals surface area contributed by atoms with Crippen molar-refractivity contribution < 1.29 is 9.90 Å². The molecule has 0 aromatic carbocycles. The summed E-state index contributed by atoms with van der Waals surface area (Å²) in [7, 11) is 0. The second-order valence-electron chi connectivity index (χ2n) is 5.11. The van der Waals surface area contributed by atoms with E-state index in [9.17, 15) is 9.90 Å². The van der Waals surface area contributed by atoms with Crippen molar-refractivity contribution in [3.05, 3.63) is 21.9 Å². The van der Waals surface area contributed by atoms with Crippen LogP contribution in [0.4, 0.5) is 0 Å². The molecular weight excluding hydrogens is 246 g/mol. The van der Waals surface area contributed by atoms with Gasteiger partial charge in [0, 0.05) is 11.4 Å². The first kappa shape index (κ1) is 13.7. The Kier molecular flexibility index (Phi) is 4.54. The molecule has 3 nitrogen and oxygen atoms in total. The van der Waals surface area contributed by atoms with Crippen LogP contribution in [0.3, 0.4) is 0 Å². The van der Waals surface area contributed by atoms with Gasteiger partial charge in [0.1, 0.15) is 0 Å². The third kappa shape index (κ3) is 3.19. The van der Waals surface area contributed by atoms with Crippen LogP contribution in [-0.4, -0.2) is 41.5 Å². The fraction of sp³-hybridized carbons (Fsp3) is 0.643. The smallest absolute Gasteiger partial charge is 0.186 e. The molecule has 4 heteroatoms. The molecule has 1 fully saturated rings. The topological polar surface area (TPSA) is 40.5 Å². The number of carbonyl (C=O) groups excluding carboxylic acids is 1. The Hall–Kier alpha value is -0.710. The maximum absolute atomic E-state index is 12.1. The Labute approximate surface area is 112 Å². The maximum Gasteiger partial charge on any atom is 0.186 e. The average Bonchev–Trinajstić information content (AvgIpc) is 2.82. The predicted molar refractivity (Wildman–Crippen MR) is 74.3 cm³/mol. The molecule has 1 N–H and O–H groups in total. The lowest BCUT2D eigenvalue weighted by Gasteiger charge is -2.33. The van der Waals surface area contributed by atoms with Crippen LogP contribution in [0.15, 0.2) is 12.1 Å². The fourth-order valence-corrected chi connectivity index (χ4v) is 3.13. The lowest BCUT2D eigenvalue weighted by atomic mass is 9.96. The first-order chi connectivity index (χ1) is 8.60. The van der Waals surface area contributed by atoms with Crippen LogP contribution in [0.1, 0.15) is 34.8 Å². The van der Waals surface area contributed by atoms with Gasteiger partial charge in [0.2, 0.25) is 0 Å². The summed E-state index contributed by atoms with van der Waals surface area (Å²) in [6, 6.07) is 3.96. The van der Waals surface area contributed by atoms with Gasteiger partial charge in [0.05, 0.1) is 17.5 Å². The predicted octanol–water partition coefficient (Wildman–Crippen LogP) is 2.20. The van der Waals surface area contributed by atoms with Crippen LogP contribution >= 0.6 is 11.3 Å². The van der Waals surface area contributed by atoms with Gasteiger partial charge in [-0.05, 0) is 37.4 Å². The van der Waals surface area contributed by atoms with Crippen molar-refractivity contribution in [2.75, 3.05) is 19.6 Å². The third-order valence-corrected chi connectivity index (χ3v) is 4.93. The number of piperidine rings is 1. The number of ketones is 1. The Morgan fingerprint density at radius 2 is 2.33 bits per heavy atom. The van der Waals surface area contributed by atoms with Crippen molar-refractivity contribution >= 4 is 17.1 Å². The molecule has 1 saturated heterocycles. The number of Topliss-reactive ketones (excluding diaryl/α,β-unsaturated/α-hetero) is 1. The zero-order valence-corrected chi connectivity index (χ0v) is 11.9. The lowest BCUT2D eigenvalue weighted by molar-refractivity contribution is 0.0295. The van der Waals surface area contributed by atoms with Crippen molar-refractivity contribution in [1.82, 2.24) is 4.90 Å². The largest absolute Gasteiger partial charge is 0.392 e. The van der Waals surface area contributed by atoms with E-state index in [0.717, 1.165) is 24.3 Å². The number of aliphatic hydroxyl groups excluding tert-OH is 1. The van der Waals surface area contributed by atoms with E-state index in [1.165, 1.54) is 4.88 Å². The minimum atomic E-state index is -0.291. The highest BCUT2D eigenvalue weighted by Crippen LogP contribution is 2.20. The van der Waals surface area contributed by atoms with Crippen LogP contribution in [0.2, 0.25) is 0 Å². The van der Waals surface area contributed by atoms with Gasteiger partial charge in [-0.3, -0.25) is 9.69 Å². The van der Waals surface area contributed by atoms with Gasteiger partial charge >= 0.3 is 0 Å². The average molecular weight is 267 g/mol. The third-order valence-electron chi connectivity index (χ3n) is 3.65. The molecule has 100 valence electrons. The highest BCUT2D eigenvalue weighted by molar-refractivity contribution is 7.14. The second-order valence-corrected chi connectivity index (χ2v) is 6.28. The highest BCUT2D eigenvalue weighted by Gasteiger charge is 2.25. The number of carbonyl (C=O) groups is 1. The van der Waals surface area contributed by atoms with E-state index in [1.807, 2.05) is 12.1 Å². The molecule has 0 bridgehead atoms. The first-order valence-corrected chi connectivity index (χ1v) is 7.44. The summed E-state index contributed by atoms with van der Waals surface area (Å²) in [5.74, 6) is 0.534. The van der Waals surface area contributed by atoms with Crippen LogP contribution in [-0.2, 0) is 6.42 Å². The number of aryl methyl sites for hydroxylation is 1. The zero-order chi connectivity index (χ0) is 13.1. The number of hydrogen-bond donors (Lipinski definition) is 1. The Morgan fingerprint density at radius 3 is 2.94 bits per heavy atom. The van der Waals surface area contributed by atoms with Gasteiger partial charge in [-0.2, -0.15) is 0 Å². The quantitative estimate of drug-likeness (QED) is 0.850. The van der Waals surface area contributed by atoms with E-state index >= 15 is 0 Å². The molecule has 0 saturated carbocycles. The van der Waals surface area contributed by atoms with E-state index in [0.29, 0.717) is 19.0 Å². The molecule has 2 heterocycles. The molecule has 1 aromatic heterocycles. The normalized spacial score (nSPS) is 25.3. The van der Waals surface area contributed by atoms with Gasteiger partial charge in [0.15, 0.2) is 5.78 Å². The molecule has 1 aliphatic heterocycles. The van der Waals surface area contributed by atoms with E-state index in [4.69, 9.17) is 0 Å². The van der Waals surface area contributed by atoms with Gasteiger partial charge in [-0.15, -0.1) is 11.3 Å². The van der Waals surface area contributed by atoms with E-state index < -0.39 is 0 Å². The second kappa shape index (κ2) is 5.95. The van der Waals surface area contributed by atoms with Gasteiger partial charge in [-0.25, -0.2) is 0 Å². The van der Waals surface area contributed by atoms with Gasteiger partial charge in [0.25, 0.3) is 0 Å². The summed E-state index contributed by atoms with van der Waals surface area (Å²) in [5, 5.41) is 9.82. The summed E-state index contributed by atoms with van der Waals surface area (Å²) in [6.45, 7) is 6.14. The number of nitrogens with zero attached hydrogens (tertiary/aromatic N) is 1. The molecule has 0 amide bonds. The van der Waals surface area contributed by atoms with Crippen LogP contribution in [0.25, 0.3) is 0 Å². The number of hydrogen-bond acceptors (Lipinski definition) is 4. The van der Waals surface area contributed by atoms with Crippen LogP contribution in [0, 0.1) is 5.92 Å². The molecule has 1 aliphatic rings. The van der Waals surface area contributed by atoms with E-state index in [2.05, 4.69) is 18.7 Å². The van der Waals surface area contributed by atoms with Crippen molar-refractivity contribution in [1.29, 1.82) is 0 Å². The molecule has 2 unspecified atom stereocenters. The SMILES string of the molecule is CCc1ccc(C(=O)CN2CCC(C)C(O)C2)s1. The van der Waals surface area contributed by atoms with Crippen LogP contribution < -0.4 is 0 Å². The molecular formula is C14H21NO2S. The van der Waals surface area contributed by atoms with Crippen LogP contribution in [0.5, 0.6) is 0 Å². The van der Waals surface area contributed by atoms with E-state index in [1.54, 1.807) is 11.3 Å². The molecule has 2 rings (SSSR count). The summed E-state index contributed by atoms with van der Waals surface area (Å²) in [5.41, 5.74) is 0. The summed E-state index contributed by atoms with van der Waals surface area (Å²) in [6.07, 6.45) is 1.66. The van der Waals surface area contributed by atoms with Crippen molar-refractivity contribution in [2.45, 2.75) is 32.8 Å². The first-order valence-electron chi connectivity index (χ1n) is 6.62. The highest BCUT2D eigenvalue weighted by atomic mass is 32.1. The summed E-state index contributed by atoms with van der Waals surface area (Å²) in [4.78, 5) is 16.3. The molecule has 18 heavy (non-hydrogen) atoms. The molecule has 1 aromatic rings. The minimum absolute atomic E-state index is 0.182. The van der Waals surface area contributed by atoms with Crippen molar-refractivity contribution in [3.8, 4) is 0 Å². The minimum Gasteiger partial charge on any atom is -0.392 e. The molecule has 2 atom stereocenters. The Balaban J connectivity index is 1.91. The Morgan fingerprint density at radius 1 is 1.56 bits per heavy atom. The number of β-amino-alcohol motifs (C(OH)–C–C–N with tert-alkyl or cyclic N) is 1. The molecule has 0 radical (unpaired) electrons. The number of likely N-dealkylation sites (tertiary alicyclic amines) is 1. The standard InChI is InChI=1S/C14H21NO2S/c1-3-11-4-5-14(18-11)13(17)9-15-7-6-10(2)12(16)8-15/h4-5,10,12,16H,3,6-9H2,1-2H3. The van der Waals surface area contributed by atoms with E-state index in [-0.39, 0.29) is 11.9 Å². The van der Waals surface area contributed by atoms with Gasteiger partial charge < -0.3 is 5.11 Å². The fourth-order valence-electron chi connectivity index (χ4n) is 2.26. The maximum atomic E-state index is 12.1. The molecule has 0 aliphatic carbocycles. The lowest BCUT2D eigenvalue weighted by Crippen LogP contribution is -2.44.